The van der Waals surface area contributed by atoms with Gasteiger partial charge < -0.3 is 4.74 Å². The Labute approximate surface area is 185 Å². The third kappa shape index (κ3) is 5.41. The van der Waals surface area contributed by atoms with Crippen LogP contribution in [0.15, 0.2) is 82.8 Å². The molecule has 9 nitrogen and oxygen atoms in total. The SMILES string of the molecule is COc1ccccc1NS(=O)(=O)c1cc([N+](=O)[O-])ccc1NN=CC(C)c1ccccc1. The molecule has 0 spiro atoms. The van der Waals surface area contributed by atoms with Crippen LogP contribution in [0.25, 0.3) is 0 Å². The molecule has 0 aromatic heterocycles. The van der Waals surface area contributed by atoms with Crippen LogP contribution in [0.2, 0.25) is 0 Å². The number of nitro groups is 1. The van der Waals surface area contributed by atoms with Crippen molar-refractivity contribution < 1.29 is 18.1 Å². The molecule has 0 amide bonds. The van der Waals surface area contributed by atoms with Crippen LogP contribution in [0.1, 0.15) is 18.4 Å². The van der Waals surface area contributed by atoms with Gasteiger partial charge in [0.15, 0.2) is 0 Å². The first-order valence-electron chi connectivity index (χ1n) is 9.60. The lowest BCUT2D eigenvalue weighted by molar-refractivity contribution is -0.385. The first-order valence-corrected chi connectivity index (χ1v) is 11.1. The fourth-order valence-electron chi connectivity index (χ4n) is 2.93. The number of nitrogens with one attached hydrogen (secondary N) is 2. The van der Waals surface area contributed by atoms with Gasteiger partial charge in [-0.1, -0.05) is 49.4 Å². The lowest BCUT2D eigenvalue weighted by Gasteiger charge is -2.14. The molecular weight excluding hydrogens is 432 g/mol. The smallest absolute Gasteiger partial charge is 0.270 e. The molecule has 0 radical (unpaired) electrons. The number of anilines is 2. The van der Waals surface area contributed by atoms with Crippen molar-refractivity contribution in [2.24, 2.45) is 5.10 Å². The highest BCUT2D eigenvalue weighted by Gasteiger charge is 2.23. The van der Waals surface area contributed by atoms with Crippen molar-refractivity contribution >= 4 is 33.3 Å². The average molecular weight is 455 g/mol. The van der Waals surface area contributed by atoms with Gasteiger partial charge in [-0.3, -0.25) is 20.3 Å². The molecule has 1 unspecified atom stereocenters. The lowest BCUT2D eigenvalue weighted by Crippen LogP contribution is -2.15. The molecule has 0 fully saturated rings. The highest BCUT2D eigenvalue weighted by atomic mass is 32.2. The highest BCUT2D eigenvalue weighted by molar-refractivity contribution is 7.93. The van der Waals surface area contributed by atoms with Crippen LogP contribution in [0.5, 0.6) is 5.75 Å². The van der Waals surface area contributed by atoms with Gasteiger partial charge in [-0.2, -0.15) is 5.10 Å². The second kappa shape index (κ2) is 9.92. The zero-order valence-corrected chi connectivity index (χ0v) is 18.2. The Morgan fingerprint density at radius 3 is 2.41 bits per heavy atom. The fraction of sp³-hybridized carbons (Fsp3) is 0.136. The van der Waals surface area contributed by atoms with Crippen LogP contribution >= 0.6 is 0 Å². The molecule has 0 heterocycles. The van der Waals surface area contributed by atoms with Gasteiger partial charge in [-0.25, -0.2) is 8.42 Å². The normalized spacial score (nSPS) is 12.3. The molecule has 0 saturated carbocycles. The Morgan fingerprint density at radius 1 is 1.03 bits per heavy atom. The number of hydrogen-bond acceptors (Lipinski definition) is 7. The molecule has 2 N–H and O–H groups in total. The Balaban J connectivity index is 1.92. The van der Waals surface area contributed by atoms with Crippen LogP contribution in [0.4, 0.5) is 17.1 Å². The summed E-state index contributed by atoms with van der Waals surface area (Å²) in [6.45, 7) is 1.94. The highest BCUT2D eigenvalue weighted by Crippen LogP contribution is 2.31. The van der Waals surface area contributed by atoms with Gasteiger partial charge in [-0.05, 0) is 23.8 Å². The third-order valence-corrected chi connectivity index (χ3v) is 6.03. The Kier molecular flexibility index (Phi) is 7.06. The van der Waals surface area contributed by atoms with E-state index < -0.39 is 14.9 Å². The van der Waals surface area contributed by atoms with Crippen LogP contribution < -0.4 is 14.9 Å². The molecule has 166 valence electrons. The third-order valence-electron chi connectivity index (χ3n) is 4.63. The summed E-state index contributed by atoms with van der Waals surface area (Å²) in [6.07, 6.45) is 1.63. The summed E-state index contributed by atoms with van der Waals surface area (Å²) >= 11 is 0. The molecule has 3 rings (SSSR count). The molecule has 0 bridgehead atoms. The summed E-state index contributed by atoms with van der Waals surface area (Å²) in [6, 6.07) is 19.6. The average Bonchev–Trinajstić information content (AvgIpc) is 2.79. The summed E-state index contributed by atoms with van der Waals surface area (Å²) < 4.78 is 33.8. The second-order valence-electron chi connectivity index (χ2n) is 6.83. The number of para-hydroxylation sites is 2. The maximum atomic E-state index is 13.1. The van der Waals surface area contributed by atoms with Crippen LogP contribution in [-0.2, 0) is 10.0 Å². The number of methoxy groups -OCH3 is 1. The number of hydrazone groups is 1. The molecule has 0 saturated heterocycles. The van der Waals surface area contributed by atoms with Gasteiger partial charge in [0.05, 0.1) is 23.4 Å². The van der Waals surface area contributed by atoms with Gasteiger partial charge >= 0.3 is 0 Å². The summed E-state index contributed by atoms with van der Waals surface area (Å²) in [5, 5.41) is 15.4. The molecule has 0 aliphatic heterocycles. The molecular formula is C22H22N4O5S. The van der Waals surface area contributed by atoms with Gasteiger partial charge in [0.2, 0.25) is 0 Å². The zero-order valence-electron chi connectivity index (χ0n) is 17.4. The maximum absolute atomic E-state index is 13.1. The van der Waals surface area contributed by atoms with E-state index in [1.54, 1.807) is 24.4 Å². The van der Waals surface area contributed by atoms with Crippen LogP contribution in [0, 0.1) is 10.1 Å². The van der Waals surface area contributed by atoms with Gasteiger partial charge in [0.1, 0.15) is 10.6 Å². The zero-order chi connectivity index (χ0) is 23.1. The van der Waals surface area contributed by atoms with Crippen LogP contribution in [-0.4, -0.2) is 26.7 Å². The van der Waals surface area contributed by atoms with Crippen molar-refractivity contribution in [1.82, 2.24) is 0 Å². The second-order valence-corrected chi connectivity index (χ2v) is 8.48. The number of sulfonamides is 1. The predicted molar refractivity (Wildman–Crippen MR) is 124 cm³/mol. The van der Waals surface area contributed by atoms with Crippen molar-refractivity contribution in [1.29, 1.82) is 0 Å². The van der Waals surface area contributed by atoms with Crippen molar-refractivity contribution in [3.8, 4) is 5.75 Å². The van der Waals surface area contributed by atoms with E-state index >= 15 is 0 Å². The first kappa shape index (κ1) is 22.8. The summed E-state index contributed by atoms with van der Waals surface area (Å²) in [5.41, 5.74) is 3.66. The van der Waals surface area contributed by atoms with Crippen molar-refractivity contribution in [2.75, 3.05) is 17.3 Å². The number of nitrogens with zero attached hydrogens (tertiary/aromatic N) is 2. The van der Waals surface area contributed by atoms with Gasteiger partial charge in [0, 0.05) is 24.3 Å². The Hall–Kier alpha value is -3.92. The Morgan fingerprint density at radius 2 is 1.72 bits per heavy atom. The summed E-state index contributed by atoms with van der Waals surface area (Å²) in [5.74, 6) is 0.277. The van der Waals surface area contributed by atoms with E-state index in [-0.39, 0.29) is 27.9 Å². The van der Waals surface area contributed by atoms with E-state index in [0.29, 0.717) is 5.75 Å². The topological polar surface area (TPSA) is 123 Å². The van der Waals surface area contributed by atoms with Crippen molar-refractivity contribution in [2.45, 2.75) is 17.7 Å². The molecule has 3 aromatic rings. The number of non-ortho nitro benzene ring substituents is 1. The van der Waals surface area contributed by atoms with Gasteiger partial charge in [-0.15, -0.1) is 0 Å². The van der Waals surface area contributed by atoms with E-state index in [0.717, 1.165) is 11.6 Å². The molecule has 1 atom stereocenters. The molecule has 0 aliphatic rings. The first-order chi connectivity index (χ1) is 15.3. The van der Waals surface area contributed by atoms with Crippen LogP contribution in [0.3, 0.4) is 0 Å². The molecule has 3 aromatic carbocycles. The predicted octanol–water partition coefficient (Wildman–Crippen LogP) is 4.61. The number of hydrogen-bond donors (Lipinski definition) is 2. The van der Waals surface area contributed by atoms with Crippen molar-refractivity contribution in [3.05, 3.63) is 88.5 Å². The van der Waals surface area contributed by atoms with Crippen molar-refractivity contribution in [3.63, 3.8) is 0 Å². The van der Waals surface area contributed by atoms with E-state index in [1.165, 1.54) is 25.3 Å². The standard InChI is InChI=1S/C22H22N4O5S/c1-16(17-8-4-3-5-9-17)15-23-24-20-13-12-18(26(27)28)14-22(20)32(29,30)25-19-10-6-7-11-21(19)31-2/h3-16,24-25H,1-2H3. The summed E-state index contributed by atoms with van der Waals surface area (Å²) in [7, 11) is -2.79. The minimum atomic E-state index is -4.21. The number of benzene rings is 3. The molecule has 0 aliphatic carbocycles. The quantitative estimate of drug-likeness (QED) is 0.277. The monoisotopic (exact) mass is 454 g/mol. The van der Waals surface area contributed by atoms with E-state index in [2.05, 4.69) is 15.2 Å². The number of ether oxygens (including phenoxy) is 1. The lowest BCUT2D eigenvalue weighted by atomic mass is 10.0. The maximum Gasteiger partial charge on any atom is 0.270 e. The molecule has 32 heavy (non-hydrogen) atoms. The number of nitro benzene ring substituents is 1. The van der Waals surface area contributed by atoms with E-state index in [1.807, 2.05) is 37.3 Å². The largest absolute Gasteiger partial charge is 0.495 e. The Bertz CT molecular complexity index is 1230. The fourth-order valence-corrected chi connectivity index (χ4v) is 4.18. The minimum Gasteiger partial charge on any atom is -0.495 e. The summed E-state index contributed by atoms with van der Waals surface area (Å²) in [4.78, 5) is 10.3. The van der Waals surface area contributed by atoms with E-state index in [9.17, 15) is 18.5 Å². The van der Waals surface area contributed by atoms with E-state index in [4.69, 9.17) is 4.74 Å². The minimum absolute atomic E-state index is 0.0338. The number of rotatable bonds is 9. The molecule has 10 heteroatoms. The van der Waals surface area contributed by atoms with Gasteiger partial charge in [0.25, 0.3) is 15.7 Å².